The maximum absolute atomic E-state index is 13.9. The number of halogens is 1. The van der Waals surface area contributed by atoms with Crippen LogP contribution in [0.15, 0.2) is 36.8 Å². The van der Waals surface area contributed by atoms with Gasteiger partial charge in [0.1, 0.15) is 17.6 Å². The van der Waals surface area contributed by atoms with Crippen molar-refractivity contribution in [3.8, 4) is 0 Å². The van der Waals surface area contributed by atoms with Crippen LogP contribution < -0.4 is 5.32 Å². The molecule has 0 bridgehead atoms. The van der Waals surface area contributed by atoms with E-state index in [1.807, 2.05) is 57.9 Å². The van der Waals surface area contributed by atoms with Crippen molar-refractivity contribution in [2.24, 2.45) is 11.3 Å². The summed E-state index contributed by atoms with van der Waals surface area (Å²) in [5.74, 6) is -0.912. The molecule has 1 fully saturated rings. The first kappa shape index (κ1) is 31.3. The lowest BCUT2D eigenvalue weighted by Gasteiger charge is -2.37. The molecule has 1 aromatic carbocycles. The van der Waals surface area contributed by atoms with Crippen molar-refractivity contribution < 1.29 is 18.8 Å². The summed E-state index contributed by atoms with van der Waals surface area (Å²) in [7, 11) is 0. The Bertz CT molecular complexity index is 1150. The van der Waals surface area contributed by atoms with Gasteiger partial charge in [0.05, 0.1) is 6.33 Å². The van der Waals surface area contributed by atoms with Crippen LogP contribution in [0.2, 0.25) is 0 Å². The Morgan fingerprint density at radius 2 is 1.82 bits per heavy atom. The standard InChI is InChI=1S/C31H46FN5O3/c1-8-22(4)28(38)34-27(31(5,6)7)30(40)37-16-9-10-25(37)18-35(17-15-23-11-13-24(32)14-12-23)29(39)26-19-36(20-33-26)21(2)3/h11-14,19-22,25,27H,8-10,15-18H2,1-7H3,(H,34,38)/t22-,25+,27-/m1/s1. The molecule has 220 valence electrons. The Kier molecular flexibility index (Phi) is 10.5. The van der Waals surface area contributed by atoms with E-state index < -0.39 is 11.5 Å². The lowest BCUT2D eigenvalue weighted by atomic mass is 9.85. The summed E-state index contributed by atoms with van der Waals surface area (Å²) < 4.78 is 15.3. The highest BCUT2D eigenvalue weighted by atomic mass is 19.1. The minimum atomic E-state index is -0.667. The van der Waals surface area contributed by atoms with Gasteiger partial charge in [0, 0.05) is 43.8 Å². The number of aromatic nitrogens is 2. The van der Waals surface area contributed by atoms with Crippen LogP contribution in [0.3, 0.4) is 0 Å². The topological polar surface area (TPSA) is 87.5 Å². The molecule has 1 aliphatic heterocycles. The third-order valence-electron chi connectivity index (χ3n) is 7.84. The zero-order chi connectivity index (χ0) is 29.6. The molecule has 9 heteroatoms. The van der Waals surface area contributed by atoms with Crippen LogP contribution in [0.4, 0.5) is 4.39 Å². The summed E-state index contributed by atoms with van der Waals surface area (Å²) in [6.07, 6.45) is 6.26. The largest absolute Gasteiger partial charge is 0.344 e. The van der Waals surface area contributed by atoms with E-state index in [9.17, 15) is 18.8 Å². The summed E-state index contributed by atoms with van der Waals surface area (Å²) in [5, 5.41) is 3.02. The number of imidazole rings is 1. The number of rotatable bonds is 11. The van der Waals surface area contributed by atoms with Gasteiger partial charge in [0.25, 0.3) is 5.91 Å². The fraction of sp³-hybridized carbons (Fsp3) is 0.613. The molecule has 1 aliphatic rings. The SMILES string of the molecule is CC[C@@H](C)C(=O)N[C@H](C(=O)N1CCC[C@H]1CN(CCc1ccc(F)cc1)C(=O)c1cn(C(C)C)cn1)C(C)(C)C. The Morgan fingerprint density at radius 3 is 2.40 bits per heavy atom. The third-order valence-corrected chi connectivity index (χ3v) is 7.84. The molecule has 1 aromatic heterocycles. The van der Waals surface area contributed by atoms with Crippen LogP contribution in [-0.2, 0) is 16.0 Å². The second-order valence-electron chi connectivity index (χ2n) is 12.4. The van der Waals surface area contributed by atoms with Gasteiger partial charge in [-0.05, 0) is 62.6 Å². The Morgan fingerprint density at radius 1 is 1.15 bits per heavy atom. The van der Waals surface area contributed by atoms with Crippen LogP contribution in [0.1, 0.15) is 89.8 Å². The van der Waals surface area contributed by atoms with Crippen LogP contribution in [-0.4, -0.2) is 68.8 Å². The highest BCUT2D eigenvalue weighted by Gasteiger charge is 2.40. The molecule has 0 radical (unpaired) electrons. The smallest absolute Gasteiger partial charge is 0.274 e. The monoisotopic (exact) mass is 555 g/mol. The molecule has 2 aromatic rings. The number of carbonyl (C=O) groups is 3. The van der Waals surface area contributed by atoms with Gasteiger partial charge in [0.15, 0.2) is 0 Å². The first-order valence-electron chi connectivity index (χ1n) is 14.5. The van der Waals surface area contributed by atoms with E-state index in [1.54, 1.807) is 29.6 Å². The average Bonchev–Trinajstić information content (AvgIpc) is 3.59. The van der Waals surface area contributed by atoms with Crippen molar-refractivity contribution >= 4 is 17.7 Å². The van der Waals surface area contributed by atoms with E-state index in [2.05, 4.69) is 10.3 Å². The third kappa shape index (κ3) is 7.92. The van der Waals surface area contributed by atoms with Crippen molar-refractivity contribution in [3.63, 3.8) is 0 Å². The van der Waals surface area contributed by atoms with Crippen molar-refractivity contribution in [2.45, 2.75) is 92.3 Å². The lowest BCUT2D eigenvalue weighted by Crippen LogP contribution is -2.57. The maximum Gasteiger partial charge on any atom is 0.274 e. The number of nitrogens with zero attached hydrogens (tertiary/aromatic N) is 4. The van der Waals surface area contributed by atoms with Crippen molar-refractivity contribution in [1.29, 1.82) is 0 Å². The molecular weight excluding hydrogens is 509 g/mol. The minimum absolute atomic E-state index is 0.110. The van der Waals surface area contributed by atoms with Gasteiger partial charge in [0.2, 0.25) is 11.8 Å². The number of benzene rings is 1. The van der Waals surface area contributed by atoms with Crippen LogP contribution in [0.5, 0.6) is 0 Å². The zero-order valence-electron chi connectivity index (χ0n) is 25.1. The van der Waals surface area contributed by atoms with Gasteiger partial charge in [-0.2, -0.15) is 0 Å². The molecule has 1 N–H and O–H groups in total. The number of hydrogen-bond donors (Lipinski definition) is 1. The molecule has 0 aliphatic carbocycles. The second kappa shape index (κ2) is 13.4. The Hall–Kier alpha value is -3.23. The van der Waals surface area contributed by atoms with E-state index in [1.165, 1.54) is 12.1 Å². The van der Waals surface area contributed by atoms with E-state index in [4.69, 9.17) is 0 Å². The van der Waals surface area contributed by atoms with Gasteiger partial charge < -0.3 is 19.7 Å². The highest BCUT2D eigenvalue weighted by Crippen LogP contribution is 2.27. The fourth-order valence-corrected chi connectivity index (χ4v) is 4.94. The van der Waals surface area contributed by atoms with Crippen molar-refractivity contribution in [2.75, 3.05) is 19.6 Å². The number of hydrogen-bond acceptors (Lipinski definition) is 4. The lowest BCUT2D eigenvalue weighted by molar-refractivity contribution is -0.141. The summed E-state index contributed by atoms with van der Waals surface area (Å²) in [5.41, 5.74) is 0.804. The van der Waals surface area contributed by atoms with E-state index in [0.717, 1.165) is 18.4 Å². The van der Waals surface area contributed by atoms with Crippen LogP contribution >= 0.6 is 0 Å². The first-order chi connectivity index (χ1) is 18.8. The summed E-state index contributed by atoms with van der Waals surface area (Å²) >= 11 is 0. The molecule has 0 spiro atoms. The molecule has 0 unspecified atom stereocenters. The minimum Gasteiger partial charge on any atom is -0.344 e. The van der Waals surface area contributed by atoms with Gasteiger partial charge in [-0.15, -0.1) is 0 Å². The first-order valence-corrected chi connectivity index (χ1v) is 14.5. The predicted molar refractivity (Wildman–Crippen MR) is 154 cm³/mol. The number of carbonyl (C=O) groups excluding carboxylic acids is 3. The number of amides is 3. The zero-order valence-corrected chi connectivity index (χ0v) is 25.1. The molecule has 3 rings (SSSR count). The number of likely N-dealkylation sites (tertiary alicyclic amines) is 1. The van der Waals surface area contributed by atoms with Crippen LogP contribution in [0, 0.1) is 17.2 Å². The Balaban J connectivity index is 1.83. The molecule has 0 saturated carbocycles. The van der Waals surface area contributed by atoms with E-state index >= 15 is 0 Å². The second-order valence-corrected chi connectivity index (χ2v) is 12.4. The Labute approximate surface area is 238 Å². The molecule has 3 atom stereocenters. The molecule has 2 heterocycles. The molecular formula is C31H46FN5O3. The summed E-state index contributed by atoms with van der Waals surface area (Å²) in [4.78, 5) is 48.4. The quantitative estimate of drug-likeness (QED) is 0.429. The van der Waals surface area contributed by atoms with E-state index in [-0.39, 0.29) is 41.5 Å². The van der Waals surface area contributed by atoms with Gasteiger partial charge in [-0.25, -0.2) is 9.37 Å². The van der Waals surface area contributed by atoms with Gasteiger partial charge in [-0.3, -0.25) is 14.4 Å². The molecule has 3 amide bonds. The molecule has 40 heavy (non-hydrogen) atoms. The molecule has 1 saturated heterocycles. The summed E-state index contributed by atoms with van der Waals surface area (Å²) in [6.45, 7) is 15.1. The van der Waals surface area contributed by atoms with Gasteiger partial charge >= 0.3 is 0 Å². The van der Waals surface area contributed by atoms with E-state index in [0.29, 0.717) is 38.2 Å². The van der Waals surface area contributed by atoms with Crippen molar-refractivity contribution in [3.05, 3.63) is 53.9 Å². The normalized spacial score (nSPS) is 17.1. The fourth-order valence-electron chi connectivity index (χ4n) is 4.94. The number of nitrogens with one attached hydrogen (secondary N) is 1. The summed E-state index contributed by atoms with van der Waals surface area (Å²) in [6, 6.07) is 5.62. The molecule has 8 nitrogen and oxygen atoms in total. The van der Waals surface area contributed by atoms with Gasteiger partial charge in [-0.1, -0.05) is 46.8 Å². The van der Waals surface area contributed by atoms with Crippen LogP contribution in [0.25, 0.3) is 0 Å². The predicted octanol–water partition coefficient (Wildman–Crippen LogP) is 4.86. The highest BCUT2D eigenvalue weighted by molar-refractivity contribution is 5.92. The average molecular weight is 556 g/mol. The maximum atomic E-state index is 13.9. The van der Waals surface area contributed by atoms with Crippen molar-refractivity contribution in [1.82, 2.24) is 24.7 Å².